The second kappa shape index (κ2) is 8.43. The Balaban J connectivity index is 1.82. The zero-order chi connectivity index (χ0) is 14.9. The van der Waals surface area contributed by atoms with Gasteiger partial charge in [0.15, 0.2) is 5.76 Å². The minimum atomic E-state index is -0.356. The van der Waals surface area contributed by atoms with Crippen LogP contribution in [0.3, 0.4) is 0 Å². The normalized spacial score (nSPS) is 16.7. The number of rotatable bonds is 5. The summed E-state index contributed by atoms with van der Waals surface area (Å²) in [5.74, 6) is -0.118. The van der Waals surface area contributed by atoms with E-state index in [-0.39, 0.29) is 17.7 Å². The number of quaternary nitrogens is 1. The lowest BCUT2D eigenvalue weighted by Gasteiger charge is -2.22. The number of aliphatic imine (C=N–C) groups is 1. The predicted octanol–water partition coefficient (Wildman–Crippen LogP) is -0.683. The van der Waals surface area contributed by atoms with Crippen molar-refractivity contribution in [2.45, 2.75) is 6.92 Å². The third-order valence-electron chi connectivity index (χ3n) is 3.17. The third kappa shape index (κ3) is 5.20. The first-order chi connectivity index (χ1) is 10.3. The van der Waals surface area contributed by atoms with Crippen LogP contribution in [0.2, 0.25) is 0 Å². The molecule has 116 valence electrons. The predicted molar refractivity (Wildman–Crippen MR) is 76.5 cm³/mol. The molecule has 1 saturated heterocycles. The molecule has 7 heteroatoms. The molecule has 1 amide bonds. The Morgan fingerprint density at radius 1 is 1.48 bits per heavy atom. The van der Waals surface area contributed by atoms with Crippen molar-refractivity contribution >= 4 is 11.9 Å². The van der Waals surface area contributed by atoms with Gasteiger partial charge in [0.2, 0.25) is 0 Å². The second-order valence-electron chi connectivity index (χ2n) is 4.66. The van der Waals surface area contributed by atoms with E-state index in [0.717, 1.165) is 32.8 Å². The average molecular weight is 296 g/mol. The molecule has 0 saturated carbocycles. The van der Waals surface area contributed by atoms with Crippen molar-refractivity contribution in [1.82, 2.24) is 5.32 Å². The van der Waals surface area contributed by atoms with E-state index < -0.39 is 0 Å². The van der Waals surface area contributed by atoms with Crippen molar-refractivity contribution in [1.29, 1.82) is 0 Å². The van der Waals surface area contributed by atoms with Crippen LogP contribution in [0.5, 0.6) is 0 Å². The van der Waals surface area contributed by atoms with Crippen LogP contribution >= 0.6 is 0 Å². The number of morpholine rings is 1. The van der Waals surface area contributed by atoms with E-state index in [0.29, 0.717) is 13.2 Å². The number of nitrogens with one attached hydrogen (secondary N) is 2. The van der Waals surface area contributed by atoms with Gasteiger partial charge in [-0.25, -0.2) is 4.99 Å². The summed E-state index contributed by atoms with van der Waals surface area (Å²) in [7, 11) is 0. The number of amides is 1. The molecule has 0 aliphatic carbocycles. The van der Waals surface area contributed by atoms with Crippen LogP contribution in [-0.4, -0.2) is 57.9 Å². The van der Waals surface area contributed by atoms with Gasteiger partial charge in [0, 0.05) is 0 Å². The summed E-state index contributed by atoms with van der Waals surface area (Å²) < 4.78 is 15.7. The van der Waals surface area contributed by atoms with Gasteiger partial charge in [-0.3, -0.25) is 10.1 Å². The van der Waals surface area contributed by atoms with Crippen molar-refractivity contribution in [2.75, 3.05) is 46.0 Å². The van der Waals surface area contributed by atoms with E-state index >= 15 is 0 Å². The maximum Gasteiger partial charge on any atom is 0.294 e. The first-order valence-electron chi connectivity index (χ1n) is 7.23. The molecule has 1 fully saturated rings. The van der Waals surface area contributed by atoms with E-state index in [1.54, 1.807) is 12.1 Å². The van der Waals surface area contributed by atoms with Crippen LogP contribution in [0.1, 0.15) is 17.5 Å². The molecule has 7 nitrogen and oxygen atoms in total. The quantitative estimate of drug-likeness (QED) is 0.557. The molecule has 21 heavy (non-hydrogen) atoms. The summed E-state index contributed by atoms with van der Waals surface area (Å²) in [4.78, 5) is 17.6. The van der Waals surface area contributed by atoms with Gasteiger partial charge in [0.05, 0.1) is 39.2 Å². The number of nitrogens with zero attached hydrogens (tertiary/aromatic N) is 1. The van der Waals surface area contributed by atoms with Gasteiger partial charge < -0.3 is 18.8 Å². The van der Waals surface area contributed by atoms with Crippen LogP contribution in [-0.2, 0) is 9.47 Å². The highest BCUT2D eigenvalue weighted by Gasteiger charge is 2.14. The largest absolute Gasteiger partial charge is 0.465 e. The van der Waals surface area contributed by atoms with E-state index in [9.17, 15) is 4.79 Å². The Labute approximate surface area is 123 Å². The van der Waals surface area contributed by atoms with Crippen molar-refractivity contribution < 1.29 is 23.6 Å². The molecule has 1 aromatic rings. The van der Waals surface area contributed by atoms with E-state index in [1.165, 1.54) is 11.2 Å². The van der Waals surface area contributed by atoms with E-state index in [1.807, 2.05) is 6.92 Å². The van der Waals surface area contributed by atoms with Gasteiger partial charge in [-0.1, -0.05) is 0 Å². The molecule has 0 bridgehead atoms. The molecule has 0 unspecified atom stereocenters. The Bertz CT molecular complexity index is 453. The summed E-state index contributed by atoms with van der Waals surface area (Å²) in [6, 6.07) is 3.50. The standard InChI is InChI=1S/C14H21N3O4/c1-2-20-14(16-13(18)12-4-3-9-21-12)15-5-6-17-7-10-19-11-8-17/h3-4,9H,2,5-8,10-11H2,1H3,(H,15,16,18)/p+1. The van der Waals surface area contributed by atoms with Gasteiger partial charge in [0.1, 0.15) is 13.1 Å². The van der Waals surface area contributed by atoms with Crippen LogP contribution in [0.25, 0.3) is 0 Å². The van der Waals surface area contributed by atoms with Crippen molar-refractivity contribution in [3.63, 3.8) is 0 Å². The molecule has 1 aliphatic rings. The SMILES string of the molecule is CCOC(=NCC[NH+]1CCOCC1)NC(=O)c1ccco1. The van der Waals surface area contributed by atoms with Crippen molar-refractivity contribution in [2.24, 2.45) is 4.99 Å². The Hall–Kier alpha value is -1.86. The molecule has 1 aliphatic heterocycles. The zero-order valence-electron chi connectivity index (χ0n) is 12.3. The van der Waals surface area contributed by atoms with Crippen molar-refractivity contribution in [3.05, 3.63) is 24.2 Å². The van der Waals surface area contributed by atoms with Crippen LogP contribution in [0.4, 0.5) is 0 Å². The summed E-state index contributed by atoms with van der Waals surface area (Å²) in [6.07, 6.45) is 1.45. The number of ether oxygens (including phenoxy) is 2. The second-order valence-corrected chi connectivity index (χ2v) is 4.66. The fourth-order valence-electron chi connectivity index (χ4n) is 2.05. The Morgan fingerprint density at radius 3 is 2.95 bits per heavy atom. The van der Waals surface area contributed by atoms with Gasteiger partial charge in [-0.2, -0.15) is 0 Å². The summed E-state index contributed by atoms with van der Waals surface area (Å²) in [5, 5.41) is 2.62. The Morgan fingerprint density at radius 2 is 2.29 bits per heavy atom. The molecule has 0 spiro atoms. The summed E-state index contributed by atoms with van der Waals surface area (Å²) >= 11 is 0. The van der Waals surface area contributed by atoms with E-state index in [2.05, 4.69) is 10.3 Å². The lowest BCUT2D eigenvalue weighted by Crippen LogP contribution is -3.14. The number of hydrogen-bond acceptors (Lipinski definition) is 5. The highest BCUT2D eigenvalue weighted by atomic mass is 16.5. The Kier molecular flexibility index (Phi) is 6.23. The van der Waals surface area contributed by atoms with Crippen LogP contribution < -0.4 is 10.2 Å². The minimum Gasteiger partial charge on any atom is -0.465 e. The van der Waals surface area contributed by atoms with Gasteiger partial charge >= 0.3 is 0 Å². The fourth-order valence-corrected chi connectivity index (χ4v) is 2.05. The number of carbonyl (C=O) groups excluding carboxylic acids is 1. The van der Waals surface area contributed by atoms with Crippen LogP contribution in [0, 0.1) is 0 Å². The van der Waals surface area contributed by atoms with Gasteiger partial charge in [0.25, 0.3) is 11.9 Å². The summed E-state index contributed by atoms with van der Waals surface area (Å²) in [6.45, 7) is 7.39. The highest BCUT2D eigenvalue weighted by Crippen LogP contribution is 1.99. The number of furan rings is 1. The third-order valence-corrected chi connectivity index (χ3v) is 3.17. The number of hydrogen-bond donors (Lipinski definition) is 2. The fraction of sp³-hybridized carbons (Fsp3) is 0.571. The monoisotopic (exact) mass is 296 g/mol. The molecule has 0 atom stereocenters. The number of carbonyl (C=O) groups is 1. The molecule has 0 radical (unpaired) electrons. The lowest BCUT2D eigenvalue weighted by molar-refractivity contribution is -0.906. The first-order valence-corrected chi connectivity index (χ1v) is 7.23. The number of amidine groups is 1. The molecule has 2 heterocycles. The summed E-state index contributed by atoms with van der Waals surface area (Å²) in [5.41, 5.74) is 0. The molecule has 0 aromatic carbocycles. The minimum absolute atomic E-state index is 0.237. The highest BCUT2D eigenvalue weighted by molar-refractivity contribution is 6.02. The van der Waals surface area contributed by atoms with Crippen molar-refractivity contribution in [3.8, 4) is 0 Å². The van der Waals surface area contributed by atoms with Gasteiger partial charge in [-0.15, -0.1) is 0 Å². The maximum absolute atomic E-state index is 11.9. The molecule has 2 N–H and O–H groups in total. The average Bonchev–Trinajstić information content (AvgIpc) is 3.03. The smallest absolute Gasteiger partial charge is 0.294 e. The maximum atomic E-state index is 11.9. The molecule has 2 rings (SSSR count). The molecular formula is C14H22N3O4+. The van der Waals surface area contributed by atoms with Crippen LogP contribution in [0.15, 0.2) is 27.8 Å². The molecule has 1 aromatic heterocycles. The zero-order valence-corrected chi connectivity index (χ0v) is 12.3. The van der Waals surface area contributed by atoms with Gasteiger partial charge in [-0.05, 0) is 19.1 Å². The van der Waals surface area contributed by atoms with E-state index in [4.69, 9.17) is 13.9 Å². The lowest BCUT2D eigenvalue weighted by atomic mass is 10.4. The topological polar surface area (TPSA) is 77.5 Å². The first kappa shape index (κ1) is 15.5. The molecular weight excluding hydrogens is 274 g/mol.